The van der Waals surface area contributed by atoms with Crippen LogP contribution in [0.2, 0.25) is 0 Å². The van der Waals surface area contributed by atoms with E-state index in [1.165, 1.54) is 32.6 Å². The predicted molar refractivity (Wildman–Crippen MR) is 66.3 cm³/mol. The van der Waals surface area contributed by atoms with Gasteiger partial charge in [-0.3, -0.25) is 4.79 Å². The summed E-state index contributed by atoms with van der Waals surface area (Å²) in [5.41, 5.74) is 0. The summed E-state index contributed by atoms with van der Waals surface area (Å²) >= 11 is 0. The predicted octanol–water partition coefficient (Wildman–Crippen LogP) is 2.42. The molecule has 1 N–H and O–H groups in total. The number of ether oxygens (including phenoxy) is 1. The monoisotopic (exact) mass is 238 g/mol. The van der Waals surface area contributed by atoms with Crippen molar-refractivity contribution in [2.75, 3.05) is 0 Å². The van der Waals surface area contributed by atoms with Crippen LogP contribution in [-0.2, 0) is 9.53 Å². The van der Waals surface area contributed by atoms with Gasteiger partial charge in [-0.05, 0) is 25.7 Å². The molecule has 17 heavy (non-hydrogen) atoms. The molecule has 2 atom stereocenters. The molecule has 1 aliphatic rings. The van der Waals surface area contributed by atoms with E-state index < -0.39 is 6.10 Å². The van der Waals surface area contributed by atoms with Crippen molar-refractivity contribution in [1.29, 1.82) is 0 Å². The smallest absolute Gasteiger partial charge is 0.303 e. The van der Waals surface area contributed by atoms with E-state index in [0.29, 0.717) is 0 Å². The summed E-state index contributed by atoms with van der Waals surface area (Å²) in [4.78, 5) is 10.9. The highest BCUT2D eigenvalue weighted by atomic mass is 16.5. The van der Waals surface area contributed by atoms with Crippen molar-refractivity contribution >= 4 is 5.97 Å². The molecule has 0 aromatic heterocycles. The summed E-state index contributed by atoms with van der Waals surface area (Å²) in [6, 6.07) is 0. The first-order valence-corrected chi connectivity index (χ1v) is 6.55. The Hall–Kier alpha value is -1.01. The number of hydrogen-bond donors (Lipinski definition) is 1. The summed E-state index contributed by atoms with van der Waals surface area (Å²) in [5, 5.41) is 9.63. The van der Waals surface area contributed by atoms with Crippen molar-refractivity contribution in [3.8, 4) is 11.8 Å². The lowest BCUT2D eigenvalue weighted by Crippen LogP contribution is -2.15. The maximum atomic E-state index is 10.9. The molecule has 0 fully saturated rings. The standard InChI is InChI=1S/C14H22O3/c1-12(15)17-14-9-7-5-3-2-4-6-8-13(16)10-11-14/h13-14,16H,2-9H2,1H3/t13-,14-/m1/s1. The molecule has 0 unspecified atom stereocenters. The lowest BCUT2D eigenvalue weighted by molar-refractivity contribution is -0.144. The Balaban J connectivity index is 2.54. The number of rotatable bonds is 1. The maximum Gasteiger partial charge on any atom is 0.303 e. The SMILES string of the molecule is CC(=O)O[C@H]1C#C[C@H](O)CCCCCCCC1. The van der Waals surface area contributed by atoms with Crippen molar-refractivity contribution in [2.24, 2.45) is 0 Å². The van der Waals surface area contributed by atoms with Gasteiger partial charge in [0.25, 0.3) is 0 Å². The summed E-state index contributed by atoms with van der Waals surface area (Å²) in [5.74, 6) is 5.36. The molecule has 96 valence electrons. The van der Waals surface area contributed by atoms with Crippen LogP contribution in [0.15, 0.2) is 0 Å². The lowest BCUT2D eigenvalue weighted by atomic mass is 10.0. The molecule has 0 aromatic rings. The molecule has 0 aromatic carbocycles. The highest BCUT2D eigenvalue weighted by Gasteiger charge is 2.09. The number of hydrogen-bond acceptors (Lipinski definition) is 3. The fourth-order valence-electron chi connectivity index (χ4n) is 2.00. The zero-order chi connectivity index (χ0) is 12.5. The molecule has 0 aliphatic heterocycles. The van der Waals surface area contributed by atoms with Crippen molar-refractivity contribution in [2.45, 2.75) is 70.5 Å². The second kappa shape index (κ2) is 8.14. The Morgan fingerprint density at radius 2 is 1.65 bits per heavy atom. The Morgan fingerprint density at radius 1 is 1.06 bits per heavy atom. The van der Waals surface area contributed by atoms with Crippen LogP contribution in [0.5, 0.6) is 0 Å². The summed E-state index contributed by atoms with van der Waals surface area (Å²) < 4.78 is 5.12. The van der Waals surface area contributed by atoms with Gasteiger partial charge in [-0.15, -0.1) is 0 Å². The highest BCUT2D eigenvalue weighted by molar-refractivity contribution is 5.66. The van der Waals surface area contributed by atoms with Gasteiger partial charge in [0.15, 0.2) is 6.10 Å². The van der Waals surface area contributed by atoms with E-state index >= 15 is 0 Å². The molecule has 0 saturated heterocycles. The van der Waals surface area contributed by atoms with Gasteiger partial charge in [-0.25, -0.2) is 0 Å². The fraction of sp³-hybridized carbons (Fsp3) is 0.786. The Morgan fingerprint density at radius 3 is 2.29 bits per heavy atom. The van der Waals surface area contributed by atoms with Crippen LogP contribution in [-0.4, -0.2) is 23.3 Å². The molecule has 0 radical (unpaired) electrons. The molecule has 0 saturated carbocycles. The lowest BCUT2D eigenvalue weighted by Gasteiger charge is -2.12. The van der Waals surface area contributed by atoms with Gasteiger partial charge < -0.3 is 9.84 Å². The van der Waals surface area contributed by atoms with Crippen LogP contribution < -0.4 is 0 Å². The topological polar surface area (TPSA) is 46.5 Å². The van der Waals surface area contributed by atoms with E-state index in [-0.39, 0.29) is 12.1 Å². The van der Waals surface area contributed by atoms with Crippen LogP contribution in [0.4, 0.5) is 0 Å². The van der Waals surface area contributed by atoms with Crippen LogP contribution in [0, 0.1) is 11.8 Å². The van der Waals surface area contributed by atoms with Gasteiger partial charge in [-0.1, -0.05) is 37.5 Å². The first kappa shape index (κ1) is 14.1. The zero-order valence-electron chi connectivity index (χ0n) is 10.6. The van der Waals surface area contributed by atoms with E-state index in [1.54, 1.807) is 0 Å². The quantitative estimate of drug-likeness (QED) is 0.563. The normalized spacial score (nSPS) is 26.9. The second-order valence-electron chi connectivity index (χ2n) is 4.60. The van der Waals surface area contributed by atoms with Gasteiger partial charge in [0.2, 0.25) is 0 Å². The number of carbonyl (C=O) groups is 1. The van der Waals surface area contributed by atoms with Crippen LogP contribution in [0.25, 0.3) is 0 Å². The van der Waals surface area contributed by atoms with Crippen molar-refractivity contribution in [3.05, 3.63) is 0 Å². The van der Waals surface area contributed by atoms with E-state index in [1.807, 2.05) is 0 Å². The van der Waals surface area contributed by atoms with Crippen molar-refractivity contribution in [1.82, 2.24) is 0 Å². The molecular weight excluding hydrogens is 216 g/mol. The average Bonchev–Trinajstić information content (AvgIpc) is 2.26. The number of aliphatic hydroxyl groups is 1. The van der Waals surface area contributed by atoms with Gasteiger partial charge in [0.05, 0.1) is 0 Å². The minimum atomic E-state index is -0.576. The maximum absolute atomic E-state index is 10.9. The first-order chi connectivity index (χ1) is 8.18. The molecule has 3 heteroatoms. The minimum Gasteiger partial charge on any atom is -0.449 e. The summed E-state index contributed by atoms with van der Waals surface area (Å²) in [6.07, 6.45) is 7.41. The van der Waals surface area contributed by atoms with Gasteiger partial charge in [0, 0.05) is 6.92 Å². The van der Waals surface area contributed by atoms with Crippen LogP contribution >= 0.6 is 0 Å². The molecular formula is C14H22O3. The molecule has 1 aliphatic carbocycles. The summed E-state index contributed by atoms with van der Waals surface area (Å²) in [6.45, 7) is 1.40. The number of aliphatic hydroxyl groups excluding tert-OH is 1. The number of carbonyl (C=O) groups excluding carboxylic acids is 1. The van der Waals surface area contributed by atoms with Gasteiger partial charge >= 0.3 is 5.97 Å². The molecule has 0 spiro atoms. The third kappa shape index (κ3) is 7.01. The zero-order valence-corrected chi connectivity index (χ0v) is 10.6. The van der Waals surface area contributed by atoms with Gasteiger partial charge in [-0.2, -0.15) is 0 Å². The second-order valence-corrected chi connectivity index (χ2v) is 4.60. The third-order valence-corrected chi connectivity index (χ3v) is 2.91. The molecule has 3 nitrogen and oxygen atoms in total. The fourth-order valence-corrected chi connectivity index (χ4v) is 2.00. The van der Waals surface area contributed by atoms with Crippen molar-refractivity contribution in [3.63, 3.8) is 0 Å². The Kier molecular flexibility index (Phi) is 6.73. The average molecular weight is 238 g/mol. The van der Waals surface area contributed by atoms with E-state index in [2.05, 4.69) is 11.8 Å². The molecule has 0 heterocycles. The van der Waals surface area contributed by atoms with Crippen LogP contribution in [0.1, 0.15) is 58.3 Å². The molecule has 0 bridgehead atoms. The molecule has 0 amide bonds. The summed E-state index contributed by atoms with van der Waals surface area (Å²) in [7, 11) is 0. The van der Waals surface area contributed by atoms with Gasteiger partial charge in [0.1, 0.15) is 6.10 Å². The van der Waals surface area contributed by atoms with E-state index in [0.717, 1.165) is 25.7 Å². The molecule has 1 rings (SSSR count). The highest BCUT2D eigenvalue weighted by Crippen LogP contribution is 2.13. The minimum absolute atomic E-state index is 0.300. The Labute approximate surface area is 104 Å². The number of esters is 1. The van der Waals surface area contributed by atoms with E-state index in [9.17, 15) is 9.90 Å². The van der Waals surface area contributed by atoms with Crippen LogP contribution in [0.3, 0.4) is 0 Å². The van der Waals surface area contributed by atoms with Crippen molar-refractivity contribution < 1.29 is 14.6 Å². The largest absolute Gasteiger partial charge is 0.449 e. The third-order valence-electron chi connectivity index (χ3n) is 2.91. The Bertz CT molecular complexity index is 288. The first-order valence-electron chi connectivity index (χ1n) is 6.55. The van der Waals surface area contributed by atoms with E-state index in [4.69, 9.17) is 4.74 Å².